The first-order valence-electron chi connectivity index (χ1n) is 8.90. The van der Waals surface area contributed by atoms with E-state index in [9.17, 15) is 4.79 Å². The minimum Gasteiger partial charge on any atom is -0.327 e. The van der Waals surface area contributed by atoms with Crippen LogP contribution in [0.3, 0.4) is 0 Å². The zero-order valence-electron chi connectivity index (χ0n) is 15.0. The Balaban J connectivity index is 1.98. The molecule has 0 unspecified atom stereocenters. The van der Waals surface area contributed by atoms with Crippen LogP contribution in [0.15, 0.2) is 111 Å². The van der Waals surface area contributed by atoms with Gasteiger partial charge < -0.3 is 4.98 Å². The zero-order chi connectivity index (χ0) is 19.3. The average molecular weight is 429 g/mol. The molecule has 0 bridgehead atoms. The van der Waals surface area contributed by atoms with Gasteiger partial charge in [0.15, 0.2) is 0 Å². The van der Waals surface area contributed by atoms with E-state index in [4.69, 9.17) is 4.99 Å². The van der Waals surface area contributed by atoms with Crippen molar-refractivity contribution in [2.45, 2.75) is 0 Å². The van der Waals surface area contributed by atoms with Crippen molar-refractivity contribution in [2.75, 3.05) is 0 Å². The Morgan fingerprint density at radius 2 is 1.29 bits per heavy atom. The third-order valence-corrected chi connectivity index (χ3v) is 5.11. The molecule has 3 nitrogen and oxygen atoms in total. The van der Waals surface area contributed by atoms with Gasteiger partial charge in [0.1, 0.15) is 5.69 Å². The Hall–Kier alpha value is -3.24. The fourth-order valence-corrected chi connectivity index (χ4v) is 3.58. The highest BCUT2D eigenvalue weighted by Crippen LogP contribution is 2.33. The molecule has 4 aromatic rings. The summed E-state index contributed by atoms with van der Waals surface area (Å²) in [7, 11) is 0. The number of aliphatic imine (C=N–C) groups is 1. The zero-order valence-corrected chi connectivity index (χ0v) is 16.6. The fraction of sp³-hybridized carbons (Fsp3) is 0. The topological polar surface area (TPSA) is 45.2 Å². The number of nitrogens with zero attached hydrogens (tertiary/aromatic N) is 1. The van der Waals surface area contributed by atoms with E-state index in [0.717, 1.165) is 32.4 Å². The molecule has 3 aromatic carbocycles. The molecule has 0 aliphatic carbocycles. The van der Waals surface area contributed by atoms with Crippen LogP contribution >= 0.6 is 15.9 Å². The van der Waals surface area contributed by atoms with Crippen LogP contribution in [0.25, 0.3) is 11.1 Å². The standard InChI is InChI=1S/C24H17BrN2O/c25-21-14-8-7-13-19(21)20-15-16-26-24(28)23(20)27-22(17-9-3-1-4-10-17)18-11-5-2-6-12-18/h1-16H,(H,26,28). The third kappa shape index (κ3) is 3.73. The van der Waals surface area contributed by atoms with Crippen LogP contribution in [0.4, 0.5) is 5.69 Å². The van der Waals surface area contributed by atoms with Gasteiger partial charge in [-0.05, 0) is 17.7 Å². The second-order valence-electron chi connectivity index (χ2n) is 6.24. The van der Waals surface area contributed by atoms with Gasteiger partial charge in [-0.15, -0.1) is 0 Å². The maximum Gasteiger partial charge on any atom is 0.274 e. The van der Waals surface area contributed by atoms with Crippen molar-refractivity contribution in [1.29, 1.82) is 0 Å². The Kier molecular flexibility index (Phi) is 5.31. The van der Waals surface area contributed by atoms with E-state index in [1.807, 2.05) is 91.0 Å². The van der Waals surface area contributed by atoms with Crippen molar-refractivity contribution in [2.24, 2.45) is 4.99 Å². The van der Waals surface area contributed by atoms with Crippen molar-refractivity contribution in [3.05, 3.63) is 123 Å². The molecule has 1 heterocycles. The van der Waals surface area contributed by atoms with Gasteiger partial charge in [0.2, 0.25) is 0 Å². The first kappa shape index (κ1) is 18.1. The van der Waals surface area contributed by atoms with Crippen LogP contribution in [-0.2, 0) is 0 Å². The van der Waals surface area contributed by atoms with Gasteiger partial charge in [-0.3, -0.25) is 4.79 Å². The number of aromatic nitrogens is 1. The second-order valence-corrected chi connectivity index (χ2v) is 7.10. The highest BCUT2D eigenvalue weighted by molar-refractivity contribution is 9.10. The summed E-state index contributed by atoms with van der Waals surface area (Å²) < 4.78 is 0.915. The predicted molar refractivity (Wildman–Crippen MR) is 118 cm³/mol. The number of H-pyrrole nitrogens is 1. The van der Waals surface area contributed by atoms with Gasteiger partial charge in [-0.2, -0.15) is 0 Å². The highest BCUT2D eigenvalue weighted by Gasteiger charge is 2.14. The summed E-state index contributed by atoms with van der Waals surface area (Å²) in [6.07, 6.45) is 1.65. The monoisotopic (exact) mass is 428 g/mol. The summed E-state index contributed by atoms with van der Waals surface area (Å²) in [5.74, 6) is 0. The summed E-state index contributed by atoms with van der Waals surface area (Å²) in [5.41, 5.74) is 4.53. The summed E-state index contributed by atoms with van der Waals surface area (Å²) in [5, 5.41) is 0. The van der Waals surface area contributed by atoms with E-state index in [-0.39, 0.29) is 5.56 Å². The number of pyridine rings is 1. The lowest BCUT2D eigenvalue weighted by Crippen LogP contribution is -2.09. The van der Waals surface area contributed by atoms with Crippen LogP contribution < -0.4 is 5.56 Å². The molecule has 1 N–H and O–H groups in total. The van der Waals surface area contributed by atoms with E-state index < -0.39 is 0 Å². The molecule has 0 amide bonds. The molecule has 0 atom stereocenters. The van der Waals surface area contributed by atoms with Crippen LogP contribution in [0.5, 0.6) is 0 Å². The quantitative estimate of drug-likeness (QED) is 0.399. The Morgan fingerprint density at radius 3 is 1.89 bits per heavy atom. The normalized spacial score (nSPS) is 10.5. The van der Waals surface area contributed by atoms with E-state index in [2.05, 4.69) is 20.9 Å². The lowest BCUT2D eigenvalue weighted by atomic mass is 10.0. The number of benzene rings is 3. The summed E-state index contributed by atoms with van der Waals surface area (Å²) in [6, 6.07) is 29.5. The van der Waals surface area contributed by atoms with Gasteiger partial charge in [-0.25, -0.2) is 4.99 Å². The van der Waals surface area contributed by atoms with Crippen molar-refractivity contribution in [3.8, 4) is 11.1 Å². The van der Waals surface area contributed by atoms with Gasteiger partial charge in [0.25, 0.3) is 5.56 Å². The SMILES string of the molecule is O=c1[nH]ccc(-c2ccccc2Br)c1N=C(c1ccccc1)c1ccccc1. The van der Waals surface area contributed by atoms with E-state index in [0.29, 0.717) is 5.69 Å². The van der Waals surface area contributed by atoms with Crippen LogP contribution in [-0.4, -0.2) is 10.7 Å². The molecule has 0 saturated heterocycles. The Bertz CT molecular complexity index is 1140. The van der Waals surface area contributed by atoms with Crippen LogP contribution in [0.1, 0.15) is 11.1 Å². The first-order chi connectivity index (χ1) is 13.7. The molecule has 28 heavy (non-hydrogen) atoms. The largest absolute Gasteiger partial charge is 0.327 e. The predicted octanol–water partition coefficient (Wildman–Crippen LogP) is 5.97. The molecular formula is C24H17BrN2O. The molecule has 0 aliphatic rings. The molecule has 1 aromatic heterocycles. The minimum absolute atomic E-state index is 0.224. The maximum absolute atomic E-state index is 12.7. The highest BCUT2D eigenvalue weighted by atomic mass is 79.9. The molecule has 4 heteroatoms. The lowest BCUT2D eigenvalue weighted by Gasteiger charge is -2.11. The van der Waals surface area contributed by atoms with Crippen molar-refractivity contribution in [1.82, 2.24) is 4.98 Å². The van der Waals surface area contributed by atoms with E-state index in [1.54, 1.807) is 6.20 Å². The molecule has 0 saturated carbocycles. The van der Waals surface area contributed by atoms with Crippen molar-refractivity contribution in [3.63, 3.8) is 0 Å². The number of nitrogens with one attached hydrogen (secondary N) is 1. The van der Waals surface area contributed by atoms with Crippen LogP contribution in [0.2, 0.25) is 0 Å². The number of hydrogen-bond donors (Lipinski definition) is 1. The first-order valence-corrected chi connectivity index (χ1v) is 9.69. The molecule has 4 rings (SSSR count). The van der Waals surface area contributed by atoms with E-state index in [1.165, 1.54) is 0 Å². The van der Waals surface area contributed by atoms with Gasteiger partial charge in [0.05, 0.1) is 5.71 Å². The second kappa shape index (κ2) is 8.19. The molecule has 0 radical (unpaired) electrons. The molecule has 0 fully saturated rings. The van der Waals surface area contributed by atoms with Crippen LogP contribution in [0, 0.1) is 0 Å². The Labute approximate surface area is 171 Å². The molecular weight excluding hydrogens is 412 g/mol. The maximum atomic E-state index is 12.7. The molecule has 0 aliphatic heterocycles. The van der Waals surface area contributed by atoms with Gasteiger partial charge >= 0.3 is 0 Å². The van der Waals surface area contributed by atoms with Crippen molar-refractivity contribution < 1.29 is 0 Å². The summed E-state index contributed by atoms with van der Waals surface area (Å²) in [6.45, 7) is 0. The Morgan fingerprint density at radius 1 is 0.714 bits per heavy atom. The fourth-order valence-electron chi connectivity index (χ4n) is 3.08. The van der Waals surface area contributed by atoms with Crippen molar-refractivity contribution >= 4 is 27.3 Å². The smallest absolute Gasteiger partial charge is 0.274 e. The number of rotatable bonds is 4. The molecule has 136 valence electrons. The summed E-state index contributed by atoms with van der Waals surface area (Å²) in [4.78, 5) is 20.4. The minimum atomic E-state index is -0.224. The van der Waals surface area contributed by atoms with Gasteiger partial charge in [-0.1, -0.05) is 94.8 Å². The number of halogens is 1. The average Bonchev–Trinajstić information content (AvgIpc) is 2.74. The van der Waals surface area contributed by atoms with Gasteiger partial charge in [0, 0.05) is 27.4 Å². The van der Waals surface area contributed by atoms with E-state index >= 15 is 0 Å². The number of hydrogen-bond acceptors (Lipinski definition) is 2. The summed E-state index contributed by atoms with van der Waals surface area (Å²) >= 11 is 3.59. The third-order valence-electron chi connectivity index (χ3n) is 4.42. The molecule has 0 spiro atoms. The number of aromatic amines is 1. The lowest BCUT2D eigenvalue weighted by molar-refractivity contribution is 1.22.